The van der Waals surface area contributed by atoms with E-state index in [9.17, 15) is 4.79 Å². The van der Waals surface area contributed by atoms with Crippen molar-refractivity contribution in [1.82, 2.24) is 10.3 Å². The molecule has 0 unspecified atom stereocenters. The van der Waals surface area contributed by atoms with Gasteiger partial charge in [0.25, 0.3) is 0 Å². The topological polar surface area (TPSA) is 66.5 Å². The molecule has 2 aromatic rings. The smallest absolute Gasteiger partial charge is 0.232 e. The summed E-state index contributed by atoms with van der Waals surface area (Å²) in [7, 11) is 0. The summed E-state index contributed by atoms with van der Waals surface area (Å²) in [6.45, 7) is 5.04. The van der Waals surface area contributed by atoms with Crippen LogP contribution in [0.4, 0.5) is 11.4 Å². The fourth-order valence-electron chi connectivity index (χ4n) is 5.30. The number of carbonyl (C=O) groups is 1. The Morgan fingerprint density at radius 1 is 1.21 bits per heavy atom. The molecule has 3 heterocycles. The number of morpholine rings is 1. The molecule has 0 bridgehead atoms. The fraction of sp³-hybridized carbons (Fsp3) is 0.545. The Balaban J connectivity index is 1.47. The van der Waals surface area contributed by atoms with E-state index in [2.05, 4.69) is 32.7 Å². The van der Waals surface area contributed by atoms with Crippen LogP contribution in [0.2, 0.25) is 0 Å². The van der Waals surface area contributed by atoms with Gasteiger partial charge in [0.15, 0.2) is 0 Å². The van der Waals surface area contributed by atoms with Crippen molar-refractivity contribution >= 4 is 28.1 Å². The quantitative estimate of drug-likeness (QED) is 0.857. The summed E-state index contributed by atoms with van der Waals surface area (Å²) in [4.78, 5) is 20.1. The third-order valence-corrected chi connectivity index (χ3v) is 6.89. The molecule has 148 valence electrons. The van der Waals surface area contributed by atoms with Crippen LogP contribution in [0.1, 0.15) is 25.7 Å². The number of nitrogens with zero attached hydrogens (tertiary/aromatic N) is 2. The first-order chi connectivity index (χ1) is 13.8. The molecule has 2 atom stereocenters. The van der Waals surface area contributed by atoms with Gasteiger partial charge in [-0.15, -0.1) is 0 Å². The van der Waals surface area contributed by atoms with Crippen molar-refractivity contribution in [1.29, 1.82) is 0 Å². The fourth-order valence-corrected chi connectivity index (χ4v) is 5.30. The molecular formula is C22H28N4O2. The summed E-state index contributed by atoms with van der Waals surface area (Å²) >= 11 is 0. The van der Waals surface area contributed by atoms with E-state index in [4.69, 9.17) is 4.74 Å². The normalized spacial score (nSPS) is 27.6. The number of pyridine rings is 1. The zero-order valence-corrected chi connectivity index (χ0v) is 16.2. The number of hydrogen-bond donors (Lipinski definition) is 2. The van der Waals surface area contributed by atoms with E-state index >= 15 is 0 Å². The Morgan fingerprint density at radius 3 is 3.00 bits per heavy atom. The molecular weight excluding hydrogens is 352 g/mol. The molecule has 2 saturated heterocycles. The number of carbonyl (C=O) groups excluding carboxylic acids is 1. The molecule has 1 aliphatic carbocycles. The van der Waals surface area contributed by atoms with Gasteiger partial charge >= 0.3 is 0 Å². The maximum Gasteiger partial charge on any atom is 0.232 e. The molecule has 1 saturated carbocycles. The molecule has 0 radical (unpaired) electrons. The Hall–Kier alpha value is -2.18. The van der Waals surface area contributed by atoms with Gasteiger partial charge in [0.05, 0.1) is 24.3 Å². The van der Waals surface area contributed by atoms with Crippen molar-refractivity contribution in [2.75, 3.05) is 49.6 Å². The predicted octanol–water partition coefficient (Wildman–Crippen LogP) is 2.79. The van der Waals surface area contributed by atoms with Crippen LogP contribution < -0.4 is 15.5 Å². The minimum atomic E-state index is -0.254. The second kappa shape index (κ2) is 7.33. The number of nitrogens with one attached hydrogen (secondary N) is 2. The standard InChI is InChI=1S/C22H28N4O2/c27-21(22-7-2-1-3-16(22)13-24-15-22)25-19-4-5-20(26-9-11-28-12-10-26)17-6-8-23-14-18(17)19/h4-6,8,14,16,24H,1-3,7,9-13,15H2,(H,25,27)/t16-,22+/m0/s1. The SMILES string of the molecule is O=C(Nc1ccc(N2CCOCC2)c2ccncc12)[C@@]12CCCC[C@H]1CNC2. The van der Waals surface area contributed by atoms with Crippen LogP contribution in [-0.2, 0) is 9.53 Å². The van der Waals surface area contributed by atoms with E-state index in [1.807, 2.05) is 18.5 Å². The number of amides is 1. The maximum absolute atomic E-state index is 13.4. The Labute approximate surface area is 165 Å². The molecule has 1 aromatic heterocycles. The maximum atomic E-state index is 13.4. The van der Waals surface area contributed by atoms with Crippen LogP contribution in [0.3, 0.4) is 0 Å². The van der Waals surface area contributed by atoms with Crippen molar-refractivity contribution in [2.24, 2.45) is 11.3 Å². The molecule has 1 amide bonds. The highest BCUT2D eigenvalue weighted by molar-refractivity contribution is 6.07. The van der Waals surface area contributed by atoms with Gasteiger partial charge in [-0.2, -0.15) is 0 Å². The van der Waals surface area contributed by atoms with E-state index in [1.165, 1.54) is 12.1 Å². The van der Waals surface area contributed by atoms with Crippen LogP contribution in [0.15, 0.2) is 30.6 Å². The van der Waals surface area contributed by atoms with Gasteiger partial charge in [0.1, 0.15) is 0 Å². The van der Waals surface area contributed by atoms with Crippen molar-refractivity contribution in [3.05, 3.63) is 30.6 Å². The van der Waals surface area contributed by atoms with E-state index in [0.717, 1.165) is 75.1 Å². The monoisotopic (exact) mass is 380 g/mol. The number of fused-ring (bicyclic) bond motifs is 2. The second-order valence-corrected chi connectivity index (χ2v) is 8.34. The van der Waals surface area contributed by atoms with Gasteiger partial charge in [-0.05, 0) is 43.5 Å². The molecule has 2 aliphatic heterocycles. The molecule has 1 aromatic carbocycles. The summed E-state index contributed by atoms with van der Waals surface area (Å²) in [5, 5.41) is 8.90. The highest BCUT2D eigenvalue weighted by Gasteiger charge is 2.49. The molecule has 28 heavy (non-hydrogen) atoms. The number of hydrogen-bond acceptors (Lipinski definition) is 5. The van der Waals surface area contributed by atoms with Gasteiger partial charge in [0, 0.05) is 48.5 Å². The number of benzene rings is 1. The van der Waals surface area contributed by atoms with E-state index < -0.39 is 0 Å². The summed E-state index contributed by atoms with van der Waals surface area (Å²) in [6.07, 6.45) is 8.22. The highest BCUT2D eigenvalue weighted by atomic mass is 16.5. The van der Waals surface area contributed by atoms with Crippen LogP contribution in [-0.4, -0.2) is 50.3 Å². The first-order valence-corrected chi connectivity index (χ1v) is 10.5. The van der Waals surface area contributed by atoms with Gasteiger partial charge in [-0.1, -0.05) is 12.8 Å². The predicted molar refractivity (Wildman–Crippen MR) is 111 cm³/mol. The highest BCUT2D eigenvalue weighted by Crippen LogP contribution is 2.45. The summed E-state index contributed by atoms with van der Waals surface area (Å²) in [5.74, 6) is 0.629. The average Bonchev–Trinajstić information content (AvgIpc) is 3.20. The van der Waals surface area contributed by atoms with Crippen LogP contribution in [0, 0.1) is 11.3 Å². The summed E-state index contributed by atoms with van der Waals surface area (Å²) in [5.41, 5.74) is 1.81. The third kappa shape index (κ3) is 2.95. The lowest BCUT2D eigenvalue weighted by Crippen LogP contribution is -2.44. The molecule has 6 nitrogen and oxygen atoms in total. The average molecular weight is 380 g/mol. The number of aromatic nitrogens is 1. The number of ether oxygens (including phenoxy) is 1. The van der Waals surface area contributed by atoms with Crippen LogP contribution >= 0.6 is 0 Å². The Kier molecular flexibility index (Phi) is 4.69. The molecule has 3 fully saturated rings. The molecule has 5 rings (SSSR count). The van der Waals surface area contributed by atoms with Crippen molar-refractivity contribution in [3.63, 3.8) is 0 Å². The zero-order chi connectivity index (χ0) is 19.0. The van der Waals surface area contributed by atoms with E-state index in [1.54, 1.807) is 0 Å². The summed E-state index contributed by atoms with van der Waals surface area (Å²) < 4.78 is 5.50. The Bertz CT molecular complexity index is 880. The number of rotatable bonds is 3. The first-order valence-electron chi connectivity index (χ1n) is 10.5. The summed E-state index contributed by atoms with van der Waals surface area (Å²) in [6, 6.07) is 6.23. The largest absolute Gasteiger partial charge is 0.378 e. The lowest BCUT2D eigenvalue weighted by Gasteiger charge is -2.37. The minimum Gasteiger partial charge on any atom is -0.378 e. The third-order valence-electron chi connectivity index (χ3n) is 6.89. The van der Waals surface area contributed by atoms with Gasteiger partial charge in [0.2, 0.25) is 5.91 Å². The molecule has 6 heteroatoms. The minimum absolute atomic E-state index is 0.173. The lowest BCUT2D eigenvalue weighted by molar-refractivity contribution is -0.128. The van der Waals surface area contributed by atoms with Crippen LogP contribution in [0.25, 0.3) is 10.8 Å². The van der Waals surface area contributed by atoms with E-state index in [-0.39, 0.29) is 11.3 Å². The molecule has 2 N–H and O–H groups in total. The molecule has 3 aliphatic rings. The van der Waals surface area contributed by atoms with Crippen molar-refractivity contribution in [2.45, 2.75) is 25.7 Å². The van der Waals surface area contributed by atoms with Gasteiger partial charge in [-0.3, -0.25) is 9.78 Å². The van der Waals surface area contributed by atoms with Gasteiger partial charge in [-0.25, -0.2) is 0 Å². The van der Waals surface area contributed by atoms with Crippen LogP contribution in [0.5, 0.6) is 0 Å². The van der Waals surface area contributed by atoms with E-state index in [0.29, 0.717) is 5.92 Å². The van der Waals surface area contributed by atoms with Crippen molar-refractivity contribution < 1.29 is 9.53 Å². The first kappa shape index (κ1) is 17.9. The lowest BCUT2D eigenvalue weighted by atomic mass is 9.67. The second-order valence-electron chi connectivity index (χ2n) is 8.34. The zero-order valence-electron chi connectivity index (χ0n) is 16.2. The Morgan fingerprint density at radius 2 is 2.11 bits per heavy atom. The van der Waals surface area contributed by atoms with Crippen molar-refractivity contribution in [3.8, 4) is 0 Å². The number of anilines is 2. The van der Waals surface area contributed by atoms with Gasteiger partial charge < -0.3 is 20.3 Å². The molecule has 0 spiro atoms.